The number of carbonyl (C=O) groups is 1. The van der Waals surface area contributed by atoms with Crippen molar-refractivity contribution in [3.8, 4) is 0 Å². The van der Waals surface area contributed by atoms with E-state index in [1.807, 2.05) is 13.0 Å². The predicted octanol–water partition coefficient (Wildman–Crippen LogP) is 3.25. The number of nitro groups is 1. The van der Waals surface area contributed by atoms with Crippen molar-refractivity contribution >= 4 is 33.2 Å². The fourth-order valence-electron chi connectivity index (χ4n) is 1.58. The van der Waals surface area contributed by atoms with E-state index >= 15 is 0 Å². The zero-order chi connectivity index (χ0) is 14.0. The normalized spacial score (nSPS) is 10.2. The molecule has 0 aliphatic rings. The van der Waals surface area contributed by atoms with Gasteiger partial charge in [-0.1, -0.05) is 15.9 Å². The third-order valence-electron chi connectivity index (χ3n) is 2.56. The molecular formula is C12H10BrN3O3. The average molecular weight is 324 g/mol. The molecule has 7 heteroatoms. The minimum absolute atomic E-state index is 0.141. The zero-order valence-corrected chi connectivity index (χ0v) is 11.5. The van der Waals surface area contributed by atoms with Crippen LogP contribution in [0.5, 0.6) is 0 Å². The lowest BCUT2D eigenvalue weighted by Gasteiger charge is -2.07. The van der Waals surface area contributed by atoms with Gasteiger partial charge in [-0.25, -0.2) is 0 Å². The van der Waals surface area contributed by atoms with E-state index in [1.54, 1.807) is 12.1 Å². The third kappa shape index (κ3) is 3.00. The van der Waals surface area contributed by atoms with Crippen LogP contribution in [0.3, 0.4) is 0 Å². The lowest BCUT2D eigenvalue weighted by Crippen LogP contribution is -2.13. The highest BCUT2D eigenvalue weighted by Crippen LogP contribution is 2.21. The van der Waals surface area contributed by atoms with Gasteiger partial charge in [0.2, 0.25) is 0 Å². The highest BCUT2D eigenvalue weighted by Gasteiger charge is 2.15. The van der Waals surface area contributed by atoms with Gasteiger partial charge in [0.05, 0.1) is 11.1 Å². The molecule has 1 amide bonds. The molecule has 0 unspecified atom stereocenters. The van der Waals surface area contributed by atoms with Crippen LogP contribution in [0.25, 0.3) is 0 Å². The fraction of sp³-hybridized carbons (Fsp3) is 0.0833. The summed E-state index contributed by atoms with van der Waals surface area (Å²) in [5.74, 6) is -0.418. The smallest absolute Gasteiger partial charge is 0.287 e. The van der Waals surface area contributed by atoms with E-state index in [9.17, 15) is 14.9 Å². The molecule has 2 N–H and O–H groups in total. The zero-order valence-electron chi connectivity index (χ0n) is 9.94. The summed E-state index contributed by atoms with van der Waals surface area (Å²) >= 11 is 3.33. The fourth-order valence-corrected chi connectivity index (χ4v) is 2.05. The number of hydrogen-bond acceptors (Lipinski definition) is 3. The maximum absolute atomic E-state index is 11.9. The van der Waals surface area contributed by atoms with E-state index in [-0.39, 0.29) is 11.4 Å². The molecule has 0 bridgehead atoms. The summed E-state index contributed by atoms with van der Waals surface area (Å²) in [6.07, 6.45) is 1.18. The van der Waals surface area contributed by atoms with Crippen molar-refractivity contribution < 1.29 is 9.72 Å². The molecule has 2 rings (SSSR count). The second kappa shape index (κ2) is 5.23. The highest BCUT2D eigenvalue weighted by molar-refractivity contribution is 9.10. The molecule has 0 aliphatic heterocycles. The van der Waals surface area contributed by atoms with E-state index in [0.29, 0.717) is 5.69 Å². The minimum atomic E-state index is -0.557. The number of aryl methyl sites for hydroxylation is 1. The first kappa shape index (κ1) is 13.3. The first-order valence-corrected chi connectivity index (χ1v) is 6.17. The van der Waals surface area contributed by atoms with Crippen LogP contribution < -0.4 is 5.32 Å². The molecule has 6 nitrogen and oxygen atoms in total. The first-order chi connectivity index (χ1) is 8.97. The van der Waals surface area contributed by atoms with E-state index in [1.165, 1.54) is 12.3 Å². The second-order valence-corrected chi connectivity index (χ2v) is 4.86. The molecule has 1 aromatic heterocycles. The van der Waals surface area contributed by atoms with Gasteiger partial charge in [-0.05, 0) is 30.7 Å². The van der Waals surface area contributed by atoms with Gasteiger partial charge < -0.3 is 10.3 Å². The minimum Gasteiger partial charge on any atom is -0.351 e. The number of anilines is 1. The molecule has 0 fully saturated rings. The largest absolute Gasteiger partial charge is 0.351 e. The molecule has 1 aromatic carbocycles. The number of benzene rings is 1. The van der Waals surface area contributed by atoms with Crippen molar-refractivity contribution in [3.05, 3.63) is 56.3 Å². The Balaban J connectivity index is 2.18. The van der Waals surface area contributed by atoms with Crippen molar-refractivity contribution in [3.63, 3.8) is 0 Å². The summed E-state index contributed by atoms with van der Waals surface area (Å²) in [6.45, 7) is 1.86. The Morgan fingerprint density at radius 1 is 1.42 bits per heavy atom. The number of carbonyl (C=O) groups excluding carboxylic acids is 1. The van der Waals surface area contributed by atoms with Crippen LogP contribution in [0.1, 0.15) is 16.1 Å². The number of nitrogens with one attached hydrogen (secondary N) is 2. The predicted molar refractivity (Wildman–Crippen MR) is 74.3 cm³/mol. The maximum atomic E-state index is 11.9. The Hall–Kier alpha value is -2.15. The van der Waals surface area contributed by atoms with Gasteiger partial charge in [-0.3, -0.25) is 14.9 Å². The molecule has 0 saturated heterocycles. The lowest BCUT2D eigenvalue weighted by molar-refractivity contribution is -0.384. The molecule has 0 radical (unpaired) electrons. The van der Waals surface area contributed by atoms with Crippen LogP contribution in [-0.4, -0.2) is 15.8 Å². The average Bonchev–Trinajstić information content (AvgIpc) is 2.82. The number of nitrogens with zero attached hydrogens (tertiary/aromatic N) is 1. The van der Waals surface area contributed by atoms with Gasteiger partial charge in [0.15, 0.2) is 0 Å². The Bertz CT molecular complexity index is 651. The van der Waals surface area contributed by atoms with E-state index in [0.717, 1.165) is 10.0 Å². The van der Waals surface area contributed by atoms with Crippen molar-refractivity contribution in [1.82, 2.24) is 4.98 Å². The molecule has 0 spiro atoms. The summed E-state index contributed by atoms with van der Waals surface area (Å²) in [5, 5.41) is 13.2. The number of H-pyrrole nitrogens is 1. The SMILES string of the molecule is Cc1cc(Br)ccc1NC(=O)c1cc([N+](=O)[O-])c[nH]1. The Labute approximate surface area is 117 Å². The van der Waals surface area contributed by atoms with Crippen LogP contribution in [0.2, 0.25) is 0 Å². The number of aromatic amines is 1. The summed E-state index contributed by atoms with van der Waals surface area (Å²) in [5.41, 5.74) is 1.56. The van der Waals surface area contributed by atoms with Crippen molar-refractivity contribution in [1.29, 1.82) is 0 Å². The van der Waals surface area contributed by atoms with Crippen LogP contribution in [0.4, 0.5) is 11.4 Å². The second-order valence-electron chi connectivity index (χ2n) is 3.94. The van der Waals surface area contributed by atoms with Gasteiger partial charge in [-0.15, -0.1) is 0 Å². The molecule has 98 valence electrons. The summed E-state index contributed by atoms with van der Waals surface area (Å²) in [6, 6.07) is 6.63. The Morgan fingerprint density at radius 3 is 2.74 bits per heavy atom. The summed E-state index contributed by atoms with van der Waals surface area (Å²) in [7, 11) is 0. The van der Waals surface area contributed by atoms with E-state index < -0.39 is 10.8 Å². The quantitative estimate of drug-likeness (QED) is 0.671. The number of halogens is 1. The third-order valence-corrected chi connectivity index (χ3v) is 3.05. The van der Waals surface area contributed by atoms with Crippen molar-refractivity contribution in [2.45, 2.75) is 6.92 Å². The standard InChI is InChI=1S/C12H10BrN3O3/c1-7-4-8(13)2-3-10(7)15-12(17)11-5-9(6-14-11)16(18)19/h2-6,14H,1H3,(H,15,17). The van der Waals surface area contributed by atoms with Crippen LogP contribution in [0, 0.1) is 17.0 Å². The molecule has 1 heterocycles. The highest BCUT2D eigenvalue weighted by atomic mass is 79.9. The first-order valence-electron chi connectivity index (χ1n) is 5.37. The van der Waals surface area contributed by atoms with Gasteiger partial charge in [0, 0.05) is 16.2 Å². The monoisotopic (exact) mass is 323 g/mol. The van der Waals surface area contributed by atoms with Gasteiger partial charge in [0.1, 0.15) is 5.69 Å². The van der Waals surface area contributed by atoms with Crippen molar-refractivity contribution in [2.75, 3.05) is 5.32 Å². The molecule has 19 heavy (non-hydrogen) atoms. The molecule has 0 aliphatic carbocycles. The van der Waals surface area contributed by atoms with E-state index in [2.05, 4.69) is 26.2 Å². The topological polar surface area (TPSA) is 88.0 Å². The van der Waals surface area contributed by atoms with Crippen LogP contribution >= 0.6 is 15.9 Å². The number of rotatable bonds is 3. The van der Waals surface area contributed by atoms with Crippen LogP contribution in [-0.2, 0) is 0 Å². The van der Waals surface area contributed by atoms with E-state index in [4.69, 9.17) is 0 Å². The Morgan fingerprint density at radius 2 is 2.16 bits per heavy atom. The molecule has 2 aromatic rings. The lowest BCUT2D eigenvalue weighted by atomic mass is 10.2. The van der Waals surface area contributed by atoms with Gasteiger partial charge >= 0.3 is 0 Å². The Kier molecular flexibility index (Phi) is 3.66. The molecule has 0 saturated carbocycles. The molecule has 0 atom stereocenters. The van der Waals surface area contributed by atoms with Gasteiger partial charge in [-0.2, -0.15) is 0 Å². The summed E-state index contributed by atoms with van der Waals surface area (Å²) in [4.78, 5) is 24.5. The van der Waals surface area contributed by atoms with Crippen LogP contribution in [0.15, 0.2) is 34.9 Å². The van der Waals surface area contributed by atoms with Gasteiger partial charge in [0.25, 0.3) is 11.6 Å². The number of hydrogen-bond donors (Lipinski definition) is 2. The maximum Gasteiger partial charge on any atom is 0.287 e. The molecular weight excluding hydrogens is 314 g/mol. The summed E-state index contributed by atoms with van der Waals surface area (Å²) < 4.78 is 0.915. The number of aromatic nitrogens is 1. The van der Waals surface area contributed by atoms with Crippen molar-refractivity contribution in [2.24, 2.45) is 0 Å². The number of amides is 1.